The number of ether oxygens (including phenoxy) is 1. The average molecular weight is 430 g/mol. The Balaban J connectivity index is 1.80. The third kappa shape index (κ3) is 4.38. The standard InChI is InChI=1S/C22H27N3O4S/c1-15-11-12-25-20(13-15)24-21(22(25)23-17-7-5-4-6-8-17)16-9-10-18(19(14-16)28-2)29-30(3,26)27/h9-14,17,23H,4-8H2,1-3H3. The zero-order valence-corrected chi connectivity index (χ0v) is 18.3. The minimum atomic E-state index is -3.65. The highest BCUT2D eigenvalue weighted by atomic mass is 32.2. The van der Waals surface area contributed by atoms with Crippen LogP contribution >= 0.6 is 0 Å². The van der Waals surface area contributed by atoms with E-state index < -0.39 is 10.1 Å². The molecule has 0 unspecified atom stereocenters. The van der Waals surface area contributed by atoms with Crippen LogP contribution in [-0.4, -0.2) is 37.2 Å². The Morgan fingerprint density at radius 3 is 2.57 bits per heavy atom. The molecule has 1 N–H and O–H groups in total. The molecule has 1 saturated carbocycles. The van der Waals surface area contributed by atoms with Crippen molar-refractivity contribution < 1.29 is 17.3 Å². The number of aromatic nitrogens is 2. The predicted octanol–water partition coefficient (Wildman–Crippen LogP) is 4.40. The lowest BCUT2D eigenvalue weighted by atomic mass is 9.95. The van der Waals surface area contributed by atoms with Crippen molar-refractivity contribution in [3.63, 3.8) is 0 Å². The maximum atomic E-state index is 11.5. The minimum absolute atomic E-state index is 0.158. The molecule has 0 radical (unpaired) electrons. The molecule has 7 nitrogen and oxygen atoms in total. The molecule has 1 fully saturated rings. The second kappa shape index (κ2) is 8.18. The Hall–Kier alpha value is -2.74. The highest BCUT2D eigenvalue weighted by Crippen LogP contribution is 2.37. The summed E-state index contributed by atoms with van der Waals surface area (Å²) in [5.74, 6) is 1.44. The van der Waals surface area contributed by atoms with Crippen molar-refractivity contribution in [1.82, 2.24) is 9.38 Å². The number of aryl methyl sites for hydroxylation is 1. The zero-order valence-electron chi connectivity index (χ0n) is 17.5. The molecule has 0 bridgehead atoms. The van der Waals surface area contributed by atoms with Crippen molar-refractivity contribution >= 4 is 21.6 Å². The zero-order chi connectivity index (χ0) is 21.3. The van der Waals surface area contributed by atoms with Crippen molar-refractivity contribution in [2.24, 2.45) is 0 Å². The quantitative estimate of drug-likeness (QED) is 0.585. The van der Waals surface area contributed by atoms with E-state index in [1.54, 1.807) is 12.1 Å². The van der Waals surface area contributed by atoms with Gasteiger partial charge in [-0.25, -0.2) is 4.98 Å². The first-order valence-electron chi connectivity index (χ1n) is 10.2. The molecule has 1 aromatic carbocycles. The molecule has 2 heterocycles. The van der Waals surface area contributed by atoms with Crippen LogP contribution in [0, 0.1) is 6.92 Å². The molecule has 2 aromatic heterocycles. The van der Waals surface area contributed by atoms with E-state index in [-0.39, 0.29) is 5.75 Å². The Morgan fingerprint density at radius 1 is 1.10 bits per heavy atom. The molecule has 1 aliphatic rings. The molecule has 160 valence electrons. The number of benzene rings is 1. The topological polar surface area (TPSA) is 81.9 Å². The molecule has 0 amide bonds. The largest absolute Gasteiger partial charge is 0.493 e. The van der Waals surface area contributed by atoms with Gasteiger partial charge < -0.3 is 14.2 Å². The second-order valence-corrected chi connectivity index (χ2v) is 9.45. The van der Waals surface area contributed by atoms with Crippen LogP contribution in [0.3, 0.4) is 0 Å². The first-order valence-corrected chi connectivity index (χ1v) is 12.0. The summed E-state index contributed by atoms with van der Waals surface area (Å²) in [4.78, 5) is 4.87. The summed E-state index contributed by atoms with van der Waals surface area (Å²) in [5.41, 5.74) is 3.62. The van der Waals surface area contributed by atoms with Crippen molar-refractivity contribution in [3.05, 3.63) is 42.1 Å². The Morgan fingerprint density at radius 2 is 1.87 bits per heavy atom. The summed E-state index contributed by atoms with van der Waals surface area (Å²) in [7, 11) is -2.16. The van der Waals surface area contributed by atoms with Gasteiger partial charge in [-0.15, -0.1) is 0 Å². The van der Waals surface area contributed by atoms with Crippen LogP contribution in [0.1, 0.15) is 37.7 Å². The lowest BCUT2D eigenvalue weighted by Crippen LogP contribution is -2.23. The fraction of sp³-hybridized carbons (Fsp3) is 0.409. The fourth-order valence-electron chi connectivity index (χ4n) is 3.97. The van der Waals surface area contributed by atoms with E-state index in [4.69, 9.17) is 13.9 Å². The van der Waals surface area contributed by atoms with E-state index in [0.717, 1.165) is 47.4 Å². The van der Waals surface area contributed by atoms with Crippen LogP contribution in [0.2, 0.25) is 0 Å². The van der Waals surface area contributed by atoms with Crippen LogP contribution in [-0.2, 0) is 10.1 Å². The third-order valence-corrected chi connectivity index (χ3v) is 5.89. The molecular weight excluding hydrogens is 402 g/mol. The molecule has 30 heavy (non-hydrogen) atoms. The molecule has 1 aliphatic carbocycles. The number of fused-ring (bicyclic) bond motifs is 1. The molecule has 0 spiro atoms. The van der Waals surface area contributed by atoms with Gasteiger partial charge in [-0.2, -0.15) is 8.42 Å². The number of imidazole rings is 1. The van der Waals surface area contributed by atoms with E-state index in [1.165, 1.54) is 26.4 Å². The van der Waals surface area contributed by atoms with Gasteiger partial charge in [0.2, 0.25) is 0 Å². The van der Waals surface area contributed by atoms with Crippen LogP contribution < -0.4 is 14.2 Å². The lowest BCUT2D eigenvalue weighted by Gasteiger charge is -2.24. The lowest BCUT2D eigenvalue weighted by molar-refractivity contribution is 0.391. The predicted molar refractivity (Wildman–Crippen MR) is 118 cm³/mol. The smallest absolute Gasteiger partial charge is 0.306 e. The van der Waals surface area contributed by atoms with Crippen LogP contribution in [0.25, 0.3) is 16.9 Å². The van der Waals surface area contributed by atoms with Crippen molar-refractivity contribution in [2.75, 3.05) is 18.7 Å². The average Bonchev–Trinajstić information content (AvgIpc) is 3.05. The Labute approximate surface area is 177 Å². The van der Waals surface area contributed by atoms with E-state index in [0.29, 0.717) is 11.8 Å². The molecule has 0 saturated heterocycles. The number of nitrogens with one attached hydrogen (secondary N) is 1. The summed E-state index contributed by atoms with van der Waals surface area (Å²) < 4.78 is 35.6. The maximum absolute atomic E-state index is 11.5. The van der Waals surface area contributed by atoms with Gasteiger partial charge in [-0.3, -0.25) is 4.40 Å². The molecule has 4 rings (SSSR count). The van der Waals surface area contributed by atoms with Gasteiger partial charge in [0.15, 0.2) is 11.5 Å². The first kappa shape index (κ1) is 20.5. The van der Waals surface area contributed by atoms with Crippen molar-refractivity contribution in [1.29, 1.82) is 0 Å². The van der Waals surface area contributed by atoms with Gasteiger partial charge in [-0.1, -0.05) is 19.3 Å². The number of rotatable bonds is 6. The summed E-state index contributed by atoms with van der Waals surface area (Å²) in [6, 6.07) is 9.70. The molecule has 3 aromatic rings. The second-order valence-electron chi connectivity index (χ2n) is 7.87. The Kier molecular flexibility index (Phi) is 5.60. The maximum Gasteiger partial charge on any atom is 0.306 e. The van der Waals surface area contributed by atoms with Gasteiger partial charge in [-0.05, 0) is 55.7 Å². The van der Waals surface area contributed by atoms with Gasteiger partial charge >= 0.3 is 10.1 Å². The highest BCUT2D eigenvalue weighted by molar-refractivity contribution is 7.86. The van der Waals surface area contributed by atoms with Gasteiger partial charge in [0.25, 0.3) is 0 Å². The molecule has 0 aliphatic heterocycles. The third-order valence-electron chi connectivity index (χ3n) is 5.41. The highest BCUT2D eigenvalue weighted by Gasteiger charge is 2.21. The minimum Gasteiger partial charge on any atom is -0.493 e. The summed E-state index contributed by atoms with van der Waals surface area (Å²) in [6.45, 7) is 2.04. The molecule has 8 heteroatoms. The van der Waals surface area contributed by atoms with Gasteiger partial charge in [0.05, 0.1) is 13.4 Å². The van der Waals surface area contributed by atoms with Gasteiger partial charge in [0.1, 0.15) is 17.2 Å². The first-order chi connectivity index (χ1) is 14.3. The van der Waals surface area contributed by atoms with E-state index in [9.17, 15) is 8.42 Å². The van der Waals surface area contributed by atoms with Gasteiger partial charge in [0, 0.05) is 17.8 Å². The molecule has 0 atom stereocenters. The monoisotopic (exact) mass is 429 g/mol. The van der Waals surface area contributed by atoms with E-state index in [1.807, 2.05) is 25.3 Å². The normalized spacial score (nSPS) is 15.3. The fourth-order valence-corrected chi connectivity index (χ4v) is 4.44. The SMILES string of the molecule is COc1cc(-c2nc3cc(C)ccn3c2NC2CCCCC2)ccc1OS(C)(=O)=O. The summed E-state index contributed by atoms with van der Waals surface area (Å²) in [6.07, 6.45) is 9.08. The van der Waals surface area contributed by atoms with Crippen LogP contribution in [0.5, 0.6) is 11.5 Å². The number of methoxy groups -OCH3 is 1. The number of hydrogen-bond donors (Lipinski definition) is 1. The number of nitrogens with zero attached hydrogens (tertiary/aromatic N) is 2. The summed E-state index contributed by atoms with van der Waals surface area (Å²) in [5, 5.41) is 3.71. The number of anilines is 1. The summed E-state index contributed by atoms with van der Waals surface area (Å²) >= 11 is 0. The van der Waals surface area contributed by atoms with Crippen molar-refractivity contribution in [2.45, 2.75) is 45.1 Å². The van der Waals surface area contributed by atoms with Crippen molar-refractivity contribution in [3.8, 4) is 22.8 Å². The molecular formula is C22H27N3O4S. The van der Waals surface area contributed by atoms with E-state index in [2.05, 4.69) is 15.8 Å². The van der Waals surface area contributed by atoms with E-state index >= 15 is 0 Å². The Bertz CT molecular complexity index is 1160. The van der Waals surface area contributed by atoms with Crippen LogP contribution in [0.4, 0.5) is 5.82 Å². The van der Waals surface area contributed by atoms with Crippen LogP contribution in [0.15, 0.2) is 36.5 Å². The number of hydrogen-bond acceptors (Lipinski definition) is 6. The number of pyridine rings is 1.